The van der Waals surface area contributed by atoms with E-state index in [4.69, 9.17) is 17.3 Å². The number of amides is 1. The van der Waals surface area contributed by atoms with Gasteiger partial charge < -0.3 is 11.1 Å². The van der Waals surface area contributed by atoms with E-state index in [0.29, 0.717) is 0 Å². The molecule has 1 amide bonds. The molecule has 0 bridgehead atoms. The zero-order valence-electron chi connectivity index (χ0n) is 10.5. The number of hydrogen-bond donors (Lipinski definition) is 2. The van der Waals surface area contributed by atoms with Gasteiger partial charge in [0, 0.05) is 5.56 Å². The number of anilines is 2. The number of nitrogens with two attached hydrogens (primary N) is 1. The smallest absolute Gasteiger partial charge is 0.398 e. The van der Waals surface area contributed by atoms with Crippen LogP contribution in [0.5, 0.6) is 0 Å². The molecule has 0 aromatic heterocycles. The van der Waals surface area contributed by atoms with Crippen molar-refractivity contribution in [1.82, 2.24) is 0 Å². The minimum absolute atomic E-state index is 0.119. The van der Waals surface area contributed by atoms with Gasteiger partial charge >= 0.3 is 6.18 Å². The van der Waals surface area contributed by atoms with Gasteiger partial charge in [0.25, 0.3) is 5.91 Å². The van der Waals surface area contributed by atoms with Crippen molar-refractivity contribution >= 4 is 28.9 Å². The first kappa shape index (κ1) is 15.2. The Morgan fingerprint density at radius 2 is 1.81 bits per heavy atom. The summed E-state index contributed by atoms with van der Waals surface area (Å²) in [5.41, 5.74) is 4.62. The largest absolute Gasteiger partial charge is 0.418 e. The zero-order chi connectivity index (χ0) is 15.6. The van der Waals surface area contributed by atoms with Crippen molar-refractivity contribution in [3.8, 4) is 0 Å². The van der Waals surface area contributed by atoms with Gasteiger partial charge in [0.2, 0.25) is 0 Å². The number of para-hydroxylation sites is 1. The molecule has 0 aliphatic rings. The summed E-state index contributed by atoms with van der Waals surface area (Å²) in [6, 6.07) is 8.81. The molecule has 0 heterocycles. The lowest BCUT2D eigenvalue weighted by Gasteiger charge is -2.13. The van der Waals surface area contributed by atoms with E-state index in [2.05, 4.69) is 5.32 Å². The van der Waals surface area contributed by atoms with E-state index in [1.54, 1.807) is 0 Å². The Morgan fingerprint density at radius 3 is 2.43 bits per heavy atom. The number of nitrogen functional groups attached to an aromatic ring is 1. The van der Waals surface area contributed by atoms with Gasteiger partial charge in [-0.3, -0.25) is 4.79 Å². The van der Waals surface area contributed by atoms with Gasteiger partial charge in [-0.05, 0) is 30.3 Å². The van der Waals surface area contributed by atoms with Gasteiger partial charge in [0.1, 0.15) is 0 Å². The lowest BCUT2D eigenvalue weighted by molar-refractivity contribution is -0.136. The SMILES string of the molecule is Nc1cc(C(=O)Nc2ccccc2C(F)(F)F)ccc1Cl. The molecular weight excluding hydrogens is 305 g/mol. The second-order valence-corrected chi connectivity index (χ2v) is 4.64. The lowest BCUT2D eigenvalue weighted by Crippen LogP contribution is -2.16. The highest BCUT2D eigenvalue weighted by molar-refractivity contribution is 6.33. The molecule has 0 unspecified atom stereocenters. The molecule has 3 N–H and O–H groups in total. The van der Waals surface area contributed by atoms with Crippen LogP contribution in [-0.4, -0.2) is 5.91 Å². The summed E-state index contributed by atoms with van der Waals surface area (Å²) in [5, 5.41) is 2.49. The fourth-order valence-electron chi connectivity index (χ4n) is 1.72. The average molecular weight is 315 g/mol. The molecule has 2 aromatic rings. The normalized spacial score (nSPS) is 11.2. The highest BCUT2D eigenvalue weighted by Crippen LogP contribution is 2.34. The second-order valence-electron chi connectivity index (χ2n) is 4.23. The Balaban J connectivity index is 2.30. The standard InChI is InChI=1S/C14H10ClF3N2O/c15-10-6-5-8(7-11(10)19)13(21)20-12-4-2-1-3-9(12)14(16,17)18/h1-7H,19H2,(H,20,21). The van der Waals surface area contributed by atoms with E-state index in [-0.39, 0.29) is 22.0 Å². The quantitative estimate of drug-likeness (QED) is 0.816. The number of carbonyl (C=O) groups excluding carboxylic acids is 1. The van der Waals surface area contributed by atoms with Crippen LogP contribution in [0, 0.1) is 0 Å². The van der Waals surface area contributed by atoms with Gasteiger partial charge in [-0.25, -0.2) is 0 Å². The Labute approximate surface area is 123 Å². The molecule has 0 aliphatic heterocycles. The molecule has 0 fully saturated rings. The summed E-state index contributed by atoms with van der Waals surface area (Å²) in [7, 11) is 0. The molecule has 110 valence electrons. The average Bonchev–Trinajstić information content (AvgIpc) is 2.41. The summed E-state index contributed by atoms with van der Waals surface area (Å²) in [6.07, 6.45) is -4.55. The first-order chi connectivity index (χ1) is 9.79. The topological polar surface area (TPSA) is 55.1 Å². The van der Waals surface area contributed by atoms with Crippen molar-refractivity contribution in [2.75, 3.05) is 11.1 Å². The van der Waals surface area contributed by atoms with Gasteiger partial charge in [0.15, 0.2) is 0 Å². The Hall–Kier alpha value is -2.21. The van der Waals surface area contributed by atoms with Crippen LogP contribution in [0.1, 0.15) is 15.9 Å². The summed E-state index contributed by atoms with van der Waals surface area (Å²) in [5.74, 6) is -0.699. The number of carbonyl (C=O) groups is 1. The molecule has 0 radical (unpaired) electrons. The van der Waals surface area contributed by atoms with E-state index >= 15 is 0 Å². The van der Waals surface area contributed by atoms with Crippen LogP contribution < -0.4 is 11.1 Å². The van der Waals surface area contributed by atoms with Crippen LogP contribution in [0.2, 0.25) is 5.02 Å². The maximum Gasteiger partial charge on any atom is 0.418 e. The molecule has 0 saturated heterocycles. The van der Waals surface area contributed by atoms with Crippen molar-refractivity contribution in [3.63, 3.8) is 0 Å². The summed E-state index contributed by atoms with van der Waals surface area (Å²) in [4.78, 5) is 12.0. The Bertz CT molecular complexity index is 686. The number of alkyl halides is 3. The number of nitrogens with one attached hydrogen (secondary N) is 1. The van der Waals surface area contributed by atoms with Gasteiger partial charge in [-0.1, -0.05) is 23.7 Å². The third kappa shape index (κ3) is 3.46. The molecule has 0 atom stereocenters. The highest BCUT2D eigenvalue weighted by Gasteiger charge is 2.33. The second kappa shape index (κ2) is 5.65. The fourth-order valence-corrected chi connectivity index (χ4v) is 1.84. The molecule has 0 spiro atoms. The van der Waals surface area contributed by atoms with E-state index in [9.17, 15) is 18.0 Å². The molecule has 2 rings (SSSR count). The molecule has 7 heteroatoms. The molecule has 2 aromatic carbocycles. The Morgan fingerprint density at radius 1 is 1.14 bits per heavy atom. The predicted octanol–water partition coefficient (Wildman–Crippen LogP) is 4.19. The van der Waals surface area contributed by atoms with Gasteiger partial charge in [-0.15, -0.1) is 0 Å². The van der Waals surface area contributed by atoms with Crippen molar-refractivity contribution in [2.45, 2.75) is 6.18 Å². The minimum Gasteiger partial charge on any atom is -0.398 e. The van der Waals surface area contributed by atoms with Gasteiger partial charge in [0.05, 0.1) is 22.0 Å². The summed E-state index contributed by atoms with van der Waals surface area (Å²) in [6.45, 7) is 0. The maximum atomic E-state index is 12.8. The zero-order valence-corrected chi connectivity index (χ0v) is 11.3. The molecule has 21 heavy (non-hydrogen) atoms. The summed E-state index contributed by atoms with van der Waals surface area (Å²) < 4.78 is 38.5. The van der Waals surface area contributed by atoms with E-state index < -0.39 is 17.6 Å². The van der Waals surface area contributed by atoms with Crippen LogP contribution in [-0.2, 0) is 6.18 Å². The van der Waals surface area contributed by atoms with Crippen molar-refractivity contribution in [2.24, 2.45) is 0 Å². The molecular formula is C14H10ClF3N2O. The fraction of sp³-hybridized carbons (Fsp3) is 0.0714. The number of benzene rings is 2. The van der Waals surface area contributed by atoms with Crippen molar-refractivity contribution < 1.29 is 18.0 Å². The lowest BCUT2D eigenvalue weighted by atomic mass is 10.1. The van der Waals surface area contributed by atoms with Gasteiger partial charge in [-0.2, -0.15) is 13.2 Å². The molecule has 0 aliphatic carbocycles. The maximum absolute atomic E-state index is 12.8. The predicted molar refractivity (Wildman–Crippen MR) is 75.3 cm³/mol. The van der Waals surface area contributed by atoms with E-state index in [1.807, 2.05) is 0 Å². The van der Waals surface area contributed by atoms with Crippen LogP contribution in [0.4, 0.5) is 24.5 Å². The molecule has 0 saturated carbocycles. The number of halogens is 4. The third-order valence-electron chi connectivity index (χ3n) is 2.74. The first-order valence-electron chi connectivity index (χ1n) is 5.81. The monoisotopic (exact) mass is 314 g/mol. The van der Waals surface area contributed by atoms with E-state index in [0.717, 1.165) is 6.07 Å². The highest BCUT2D eigenvalue weighted by atomic mass is 35.5. The van der Waals surface area contributed by atoms with Crippen molar-refractivity contribution in [3.05, 3.63) is 58.6 Å². The summed E-state index contributed by atoms with van der Waals surface area (Å²) >= 11 is 5.73. The van der Waals surface area contributed by atoms with Crippen LogP contribution in [0.25, 0.3) is 0 Å². The van der Waals surface area contributed by atoms with Crippen molar-refractivity contribution in [1.29, 1.82) is 0 Å². The van der Waals surface area contributed by atoms with Crippen LogP contribution in [0.15, 0.2) is 42.5 Å². The third-order valence-corrected chi connectivity index (χ3v) is 3.08. The Kier molecular flexibility index (Phi) is 4.09. The molecule has 3 nitrogen and oxygen atoms in total. The minimum atomic E-state index is -4.55. The first-order valence-corrected chi connectivity index (χ1v) is 6.19. The van der Waals surface area contributed by atoms with E-state index in [1.165, 1.54) is 36.4 Å². The number of hydrogen-bond acceptors (Lipinski definition) is 2. The van der Waals surface area contributed by atoms with Crippen LogP contribution >= 0.6 is 11.6 Å². The number of rotatable bonds is 2. The van der Waals surface area contributed by atoms with Crippen LogP contribution in [0.3, 0.4) is 0 Å².